The fraction of sp³-hybridized carbons (Fsp3) is 0.600. The first kappa shape index (κ1) is 16.2. The Hall–Kier alpha value is -1.17. The lowest BCUT2D eigenvalue weighted by Crippen LogP contribution is -2.74. The minimum atomic E-state index is -0.946. The molecular formula is C15H22ClN3O2. The Balaban J connectivity index is 2.14. The molecule has 1 heterocycles. The van der Waals surface area contributed by atoms with Gasteiger partial charge in [0.25, 0.3) is 0 Å². The van der Waals surface area contributed by atoms with Gasteiger partial charge in [0.2, 0.25) is 5.91 Å². The number of rotatable bonds is 4. The molecule has 2 atom stereocenters. The third kappa shape index (κ3) is 2.65. The second kappa shape index (κ2) is 5.55. The lowest BCUT2D eigenvalue weighted by molar-refractivity contribution is -0.166. The highest BCUT2D eigenvalue weighted by Crippen LogP contribution is 2.50. The summed E-state index contributed by atoms with van der Waals surface area (Å²) in [7, 11) is 0. The molecule has 1 aliphatic rings. The van der Waals surface area contributed by atoms with E-state index in [2.05, 4.69) is 10.3 Å². The van der Waals surface area contributed by atoms with Crippen molar-refractivity contribution >= 4 is 23.2 Å². The number of ether oxygens (including phenoxy) is 1. The fourth-order valence-electron chi connectivity index (χ4n) is 2.72. The van der Waals surface area contributed by atoms with Crippen LogP contribution in [0.1, 0.15) is 32.9 Å². The average Bonchev–Trinajstić information content (AvgIpc) is 2.41. The van der Waals surface area contributed by atoms with Crippen molar-refractivity contribution in [1.29, 1.82) is 0 Å². The second-order valence-corrected chi connectivity index (χ2v) is 6.45. The molecule has 0 aromatic carbocycles. The molecule has 116 valence electrons. The van der Waals surface area contributed by atoms with Gasteiger partial charge in [-0.05, 0) is 26.0 Å². The number of anilines is 1. The first-order chi connectivity index (χ1) is 9.72. The van der Waals surface area contributed by atoms with Gasteiger partial charge in [0, 0.05) is 18.4 Å². The zero-order valence-corrected chi connectivity index (χ0v) is 13.6. The van der Waals surface area contributed by atoms with Gasteiger partial charge in [0.05, 0.1) is 17.5 Å². The fourth-order valence-corrected chi connectivity index (χ4v) is 2.91. The third-order valence-electron chi connectivity index (χ3n) is 4.54. The Kier molecular flexibility index (Phi) is 4.29. The summed E-state index contributed by atoms with van der Waals surface area (Å²) >= 11 is 5.82. The first-order valence-corrected chi connectivity index (χ1v) is 7.45. The molecule has 21 heavy (non-hydrogen) atoms. The van der Waals surface area contributed by atoms with Crippen LogP contribution in [0.3, 0.4) is 0 Å². The van der Waals surface area contributed by atoms with Crippen molar-refractivity contribution < 1.29 is 9.53 Å². The molecule has 1 fully saturated rings. The number of aryl methyl sites for hydroxylation is 1. The van der Waals surface area contributed by atoms with Gasteiger partial charge in [-0.2, -0.15) is 0 Å². The zero-order valence-electron chi connectivity index (χ0n) is 12.9. The van der Waals surface area contributed by atoms with E-state index in [0.717, 1.165) is 0 Å². The van der Waals surface area contributed by atoms with Crippen LogP contribution in [-0.4, -0.2) is 29.1 Å². The van der Waals surface area contributed by atoms with Gasteiger partial charge in [-0.25, -0.2) is 4.98 Å². The van der Waals surface area contributed by atoms with Crippen molar-refractivity contribution in [3.63, 3.8) is 0 Å². The van der Waals surface area contributed by atoms with Gasteiger partial charge in [-0.15, -0.1) is 0 Å². The lowest BCUT2D eigenvalue weighted by Gasteiger charge is -2.57. The van der Waals surface area contributed by atoms with Crippen LogP contribution in [0.2, 0.25) is 5.15 Å². The molecular weight excluding hydrogens is 290 g/mol. The minimum absolute atomic E-state index is 0.00249. The maximum atomic E-state index is 12.6. The highest BCUT2D eigenvalue weighted by Gasteiger charge is 2.62. The summed E-state index contributed by atoms with van der Waals surface area (Å²) in [4.78, 5) is 16.7. The molecule has 0 bridgehead atoms. The van der Waals surface area contributed by atoms with Crippen molar-refractivity contribution in [2.75, 3.05) is 11.9 Å². The molecule has 0 spiro atoms. The molecule has 1 aromatic rings. The van der Waals surface area contributed by atoms with Crippen LogP contribution >= 0.6 is 11.6 Å². The predicted molar refractivity (Wildman–Crippen MR) is 83.3 cm³/mol. The maximum Gasteiger partial charge on any atom is 0.245 e. The van der Waals surface area contributed by atoms with Crippen LogP contribution in [-0.2, 0) is 9.53 Å². The number of carbonyl (C=O) groups excluding carboxylic acids is 1. The van der Waals surface area contributed by atoms with E-state index >= 15 is 0 Å². The Morgan fingerprint density at radius 3 is 2.76 bits per heavy atom. The Bertz CT molecular complexity index is 562. The number of nitrogens with zero attached hydrogens (tertiary/aromatic N) is 1. The molecule has 0 aliphatic heterocycles. The molecule has 1 aliphatic carbocycles. The van der Waals surface area contributed by atoms with E-state index < -0.39 is 11.0 Å². The van der Waals surface area contributed by atoms with Crippen molar-refractivity contribution in [3.05, 3.63) is 23.0 Å². The molecule has 6 heteroatoms. The quantitative estimate of drug-likeness (QED) is 0.838. The number of pyridine rings is 1. The summed E-state index contributed by atoms with van der Waals surface area (Å²) in [5, 5.41) is 3.25. The van der Waals surface area contributed by atoms with E-state index in [1.165, 1.54) is 0 Å². The predicted octanol–water partition coefficient (Wildman–Crippen LogP) is 2.51. The summed E-state index contributed by atoms with van der Waals surface area (Å²) in [5.41, 5.74) is 6.27. The highest BCUT2D eigenvalue weighted by atomic mass is 35.5. The van der Waals surface area contributed by atoms with Crippen LogP contribution in [0.4, 0.5) is 5.69 Å². The Morgan fingerprint density at radius 1 is 1.57 bits per heavy atom. The number of nitrogens with one attached hydrogen (secondary N) is 1. The van der Waals surface area contributed by atoms with E-state index in [-0.39, 0.29) is 12.0 Å². The van der Waals surface area contributed by atoms with Crippen molar-refractivity contribution in [1.82, 2.24) is 4.98 Å². The second-order valence-electron chi connectivity index (χ2n) is 6.06. The monoisotopic (exact) mass is 311 g/mol. The minimum Gasteiger partial charge on any atom is -0.378 e. The lowest BCUT2D eigenvalue weighted by atomic mass is 9.54. The number of nitrogens with two attached hydrogens (primary N) is 1. The normalized spacial score (nSPS) is 27.0. The van der Waals surface area contributed by atoms with Gasteiger partial charge in [0.1, 0.15) is 10.7 Å². The SMILES string of the molecule is CCOC1CC(N)(C(=O)Nc2ccc(Cl)nc2C)C1(C)C. The van der Waals surface area contributed by atoms with Gasteiger partial charge >= 0.3 is 0 Å². The molecule has 2 unspecified atom stereocenters. The highest BCUT2D eigenvalue weighted by molar-refractivity contribution is 6.29. The molecule has 3 N–H and O–H groups in total. The van der Waals surface area contributed by atoms with Crippen LogP contribution in [0, 0.1) is 12.3 Å². The van der Waals surface area contributed by atoms with E-state index in [1.54, 1.807) is 19.1 Å². The van der Waals surface area contributed by atoms with Gasteiger partial charge in [-0.3, -0.25) is 4.79 Å². The summed E-state index contributed by atoms with van der Waals surface area (Å²) in [6.07, 6.45) is 0.516. The molecule has 1 aromatic heterocycles. The topological polar surface area (TPSA) is 77.2 Å². The molecule has 2 rings (SSSR count). The number of carbonyl (C=O) groups is 1. The van der Waals surface area contributed by atoms with Crippen LogP contribution in [0.5, 0.6) is 0 Å². The first-order valence-electron chi connectivity index (χ1n) is 7.07. The number of halogens is 1. The summed E-state index contributed by atoms with van der Waals surface area (Å²) < 4.78 is 5.64. The maximum absolute atomic E-state index is 12.6. The number of hydrogen-bond acceptors (Lipinski definition) is 4. The summed E-state index contributed by atoms with van der Waals surface area (Å²) in [6.45, 7) is 8.27. The molecule has 1 saturated carbocycles. The number of aromatic nitrogens is 1. The van der Waals surface area contributed by atoms with Gasteiger partial charge in [0.15, 0.2) is 0 Å². The largest absolute Gasteiger partial charge is 0.378 e. The molecule has 0 radical (unpaired) electrons. The van der Waals surface area contributed by atoms with Crippen LogP contribution < -0.4 is 11.1 Å². The summed E-state index contributed by atoms with van der Waals surface area (Å²) in [5.74, 6) is -0.212. The zero-order chi connectivity index (χ0) is 15.8. The van der Waals surface area contributed by atoms with Crippen molar-refractivity contribution in [2.24, 2.45) is 11.1 Å². The average molecular weight is 312 g/mol. The number of amides is 1. The van der Waals surface area contributed by atoms with Crippen LogP contribution in [0.15, 0.2) is 12.1 Å². The summed E-state index contributed by atoms with van der Waals surface area (Å²) in [6, 6.07) is 3.37. The van der Waals surface area contributed by atoms with Crippen molar-refractivity contribution in [2.45, 2.75) is 45.8 Å². The standard InChI is InChI=1S/C15H22ClN3O2/c1-5-21-11-8-15(17,14(11,3)4)13(20)19-10-6-7-12(16)18-9(10)2/h6-7,11H,5,8,17H2,1-4H3,(H,19,20). The van der Waals surface area contributed by atoms with Crippen LogP contribution in [0.25, 0.3) is 0 Å². The smallest absolute Gasteiger partial charge is 0.245 e. The van der Waals surface area contributed by atoms with Gasteiger partial charge < -0.3 is 15.8 Å². The Labute approximate surface area is 130 Å². The molecule has 0 saturated heterocycles. The van der Waals surface area contributed by atoms with E-state index in [4.69, 9.17) is 22.1 Å². The molecule has 1 amide bonds. The van der Waals surface area contributed by atoms with E-state index in [1.807, 2.05) is 20.8 Å². The Morgan fingerprint density at radius 2 is 2.24 bits per heavy atom. The van der Waals surface area contributed by atoms with E-state index in [0.29, 0.717) is 29.6 Å². The number of hydrogen-bond donors (Lipinski definition) is 2. The molecule has 5 nitrogen and oxygen atoms in total. The third-order valence-corrected chi connectivity index (χ3v) is 4.75. The van der Waals surface area contributed by atoms with Gasteiger partial charge in [-0.1, -0.05) is 25.4 Å². The van der Waals surface area contributed by atoms with E-state index in [9.17, 15) is 4.79 Å². The van der Waals surface area contributed by atoms with Crippen molar-refractivity contribution in [3.8, 4) is 0 Å².